The molecule has 0 fully saturated rings. The Labute approximate surface area is 169 Å². The zero-order valence-corrected chi connectivity index (χ0v) is 17.2. The van der Waals surface area contributed by atoms with Crippen LogP contribution in [0, 0.1) is 5.92 Å². The normalized spacial score (nSPS) is 12.4. The van der Waals surface area contributed by atoms with Gasteiger partial charge in [0.25, 0.3) is 0 Å². The molecule has 0 rings (SSSR count). The molecule has 0 spiro atoms. The minimum atomic E-state index is -1.33. The van der Waals surface area contributed by atoms with E-state index < -0.39 is 54.6 Å². The van der Waals surface area contributed by atoms with Crippen molar-refractivity contribution in [2.75, 3.05) is 13.1 Å². The second-order valence-electron chi connectivity index (χ2n) is 6.86. The molecule has 0 saturated carbocycles. The molecule has 29 heavy (non-hydrogen) atoms. The highest BCUT2D eigenvalue weighted by molar-refractivity contribution is 5.94. The van der Waals surface area contributed by atoms with Crippen molar-refractivity contribution in [2.24, 2.45) is 5.92 Å². The number of hydrogen-bond acceptors (Lipinski definition) is 6. The Hall–Kier alpha value is -2.98. The molecule has 0 heterocycles. The summed E-state index contributed by atoms with van der Waals surface area (Å²) in [4.78, 5) is 69.8. The number of aliphatic carboxylic acids is 1. The number of carbonyl (C=O) groups is 6. The van der Waals surface area contributed by atoms with Crippen molar-refractivity contribution in [3.8, 4) is 0 Å². The maximum absolute atomic E-state index is 12.2. The van der Waals surface area contributed by atoms with Gasteiger partial charge in [0, 0.05) is 13.3 Å². The van der Waals surface area contributed by atoms with Crippen LogP contribution in [0.4, 0.5) is 0 Å². The van der Waals surface area contributed by atoms with Gasteiger partial charge in [-0.25, -0.2) is 0 Å². The van der Waals surface area contributed by atoms with Crippen LogP contribution < -0.4 is 21.3 Å². The molecule has 1 unspecified atom stereocenters. The second-order valence-corrected chi connectivity index (χ2v) is 6.86. The molecule has 0 aliphatic heterocycles. The van der Waals surface area contributed by atoms with Crippen LogP contribution in [0.5, 0.6) is 0 Å². The second kappa shape index (κ2) is 13.2. The lowest BCUT2D eigenvalue weighted by Gasteiger charge is -2.22. The van der Waals surface area contributed by atoms with E-state index in [4.69, 9.17) is 5.11 Å². The molecule has 0 aromatic heterocycles. The first kappa shape index (κ1) is 26.0. The minimum absolute atomic E-state index is 0.121. The number of hydrogen-bond donors (Lipinski definition) is 5. The summed E-state index contributed by atoms with van der Waals surface area (Å²) in [7, 11) is 0. The summed E-state index contributed by atoms with van der Waals surface area (Å²) in [5, 5.41) is 18.2. The summed E-state index contributed by atoms with van der Waals surface area (Å²) in [5.74, 6) is -4.33. The number of carbonyl (C=O) groups excluding carboxylic acids is 5. The van der Waals surface area contributed by atoms with Crippen molar-refractivity contribution in [1.82, 2.24) is 21.3 Å². The highest BCUT2D eigenvalue weighted by Crippen LogP contribution is 2.02. The monoisotopic (exact) mass is 414 g/mol. The molecule has 2 atom stereocenters. The highest BCUT2D eigenvalue weighted by Gasteiger charge is 2.26. The predicted molar refractivity (Wildman–Crippen MR) is 103 cm³/mol. The van der Waals surface area contributed by atoms with Gasteiger partial charge in [-0.05, 0) is 12.3 Å². The molecule has 0 aromatic carbocycles. The lowest BCUT2D eigenvalue weighted by molar-refractivity contribution is -0.140. The Balaban J connectivity index is 4.73. The van der Waals surface area contributed by atoms with Gasteiger partial charge in [-0.1, -0.05) is 20.8 Å². The molecule has 0 aliphatic rings. The number of ketones is 1. The van der Waals surface area contributed by atoms with E-state index in [0.29, 0.717) is 12.8 Å². The van der Waals surface area contributed by atoms with Gasteiger partial charge in [0.15, 0.2) is 5.78 Å². The molecule has 4 amide bonds. The number of carboxylic acid groups (broad SMARTS) is 1. The Bertz CT molecular complexity index is 618. The fourth-order valence-corrected chi connectivity index (χ4v) is 2.34. The standard InChI is InChI=1S/C18H30N4O7/c1-5-6-12(24)8-19-18(29)16(10(2)3)22-14(25)9-20-17(28)13(7-15(26)27)21-11(4)23/h10,13,16H,5-9H2,1-4H3,(H,19,29)(H,20,28)(H,21,23)(H,22,25)(H,26,27)/t13-,16?/m0/s1. The summed E-state index contributed by atoms with van der Waals surface area (Å²) >= 11 is 0. The van der Waals surface area contributed by atoms with Crippen LogP contribution in [-0.4, -0.2) is 65.7 Å². The zero-order valence-electron chi connectivity index (χ0n) is 17.2. The van der Waals surface area contributed by atoms with Crippen LogP contribution in [0.2, 0.25) is 0 Å². The van der Waals surface area contributed by atoms with Gasteiger partial charge in [-0.15, -0.1) is 0 Å². The van der Waals surface area contributed by atoms with E-state index >= 15 is 0 Å². The van der Waals surface area contributed by atoms with E-state index in [-0.39, 0.29) is 18.2 Å². The number of amides is 4. The first-order valence-corrected chi connectivity index (χ1v) is 9.33. The summed E-state index contributed by atoms with van der Waals surface area (Å²) in [6.45, 7) is 5.74. The van der Waals surface area contributed by atoms with Crippen LogP contribution in [-0.2, 0) is 28.8 Å². The third-order valence-electron chi connectivity index (χ3n) is 3.75. The van der Waals surface area contributed by atoms with Crippen molar-refractivity contribution < 1.29 is 33.9 Å². The maximum atomic E-state index is 12.2. The third-order valence-corrected chi connectivity index (χ3v) is 3.75. The van der Waals surface area contributed by atoms with Gasteiger partial charge in [0.1, 0.15) is 12.1 Å². The van der Waals surface area contributed by atoms with E-state index in [9.17, 15) is 28.8 Å². The number of carboxylic acids is 1. The lowest BCUT2D eigenvalue weighted by atomic mass is 10.0. The molecule has 164 valence electrons. The van der Waals surface area contributed by atoms with Gasteiger partial charge < -0.3 is 26.4 Å². The van der Waals surface area contributed by atoms with Crippen LogP contribution >= 0.6 is 0 Å². The van der Waals surface area contributed by atoms with Crippen LogP contribution in [0.3, 0.4) is 0 Å². The Morgan fingerprint density at radius 3 is 1.97 bits per heavy atom. The quantitative estimate of drug-likeness (QED) is 0.249. The van der Waals surface area contributed by atoms with Gasteiger partial charge in [-0.2, -0.15) is 0 Å². The van der Waals surface area contributed by atoms with Crippen molar-refractivity contribution in [1.29, 1.82) is 0 Å². The molecule has 0 saturated heterocycles. The Morgan fingerprint density at radius 1 is 0.897 bits per heavy atom. The van der Waals surface area contributed by atoms with Crippen molar-refractivity contribution in [3.05, 3.63) is 0 Å². The van der Waals surface area contributed by atoms with Crippen molar-refractivity contribution in [3.63, 3.8) is 0 Å². The molecular formula is C18H30N4O7. The molecule has 0 aliphatic carbocycles. The molecule has 0 aromatic rings. The van der Waals surface area contributed by atoms with E-state index in [1.807, 2.05) is 6.92 Å². The number of rotatable bonds is 13. The molecular weight excluding hydrogens is 384 g/mol. The maximum Gasteiger partial charge on any atom is 0.305 e. The van der Waals surface area contributed by atoms with Gasteiger partial charge >= 0.3 is 5.97 Å². The molecule has 11 heteroatoms. The fourth-order valence-electron chi connectivity index (χ4n) is 2.34. The summed E-state index contributed by atoms with van der Waals surface area (Å²) in [6.07, 6.45) is 0.368. The van der Waals surface area contributed by atoms with E-state index in [1.54, 1.807) is 13.8 Å². The van der Waals surface area contributed by atoms with Gasteiger partial charge in [-0.3, -0.25) is 28.8 Å². The molecule has 11 nitrogen and oxygen atoms in total. The van der Waals surface area contributed by atoms with Crippen LogP contribution in [0.25, 0.3) is 0 Å². The fraction of sp³-hybridized carbons (Fsp3) is 0.667. The van der Waals surface area contributed by atoms with E-state index in [1.165, 1.54) is 0 Å². The smallest absolute Gasteiger partial charge is 0.305 e. The van der Waals surface area contributed by atoms with Gasteiger partial charge in [0.2, 0.25) is 23.6 Å². The first-order valence-electron chi connectivity index (χ1n) is 9.33. The Kier molecular flexibility index (Phi) is 11.9. The van der Waals surface area contributed by atoms with Crippen molar-refractivity contribution >= 4 is 35.4 Å². The highest BCUT2D eigenvalue weighted by atomic mass is 16.4. The summed E-state index contributed by atoms with van der Waals surface area (Å²) < 4.78 is 0. The van der Waals surface area contributed by atoms with E-state index in [2.05, 4.69) is 21.3 Å². The third kappa shape index (κ3) is 11.5. The zero-order chi connectivity index (χ0) is 22.6. The SMILES string of the molecule is CCCC(=O)CNC(=O)C(NC(=O)CNC(=O)[C@H](CC(=O)O)NC(C)=O)C(C)C. The Morgan fingerprint density at radius 2 is 1.48 bits per heavy atom. The lowest BCUT2D eigenvalue weighted by Crippen LogP contribution is -2.54. The predicted octanol–water partition coefficient (Wildman–Crippen LogP) is -1.29. The largest absolute Gasteiger partial charge is 0.481 e. The van der Waals surface area contributed by atoms with Crippen molar-refractivity contribution in [2.45, 2.75) is 59.0 Å². The van der Waals surface area contributed by atoms with E-state index in [0.717, 1.165) is 6.92 Å². The molecule has 0 radical (unpaired) electrons. The van der Waals surface area contributed by atoms with Crippen LogP contribution in [0.15, 0.2) is 0 Å². The number of Topliss-reactive ketones (excluding diaryl/α,β-unsaturated/α-hetero) is 1. The average molecular weight is 414 g/mol. The molecule has 0 bridgehead atoms. The number of nitrogens with one attached hydrogen (secondary N) is 4. The first-order chi connectivity index (χ1) is 13.5. The summed E-state index contributed by atoms with van der Waals surface area (Å²) in [5.41, 5.74) is 0. The summed E-state index contributed by atoms with van der Waals surface area (Å²) in [6, 6.07) is -2.24. The average Bonchev–Trinajstić information content (AvgIpc) is 2.60. The van der Waals surface area contributed by atoms with Crippen LogP contribution in [0.1, 0.15) is 47.0 Å². The van der Waals surface area contributed by atoms with Gasteiger partial charge in [0.05, 0.1) is 19.5 Å². The minimum Gasteiger partial charge on any atom is -0.481 e. The topological polar surface area (TPSA) is 171 Å². The molecule has 5 N–H and O–H groups in total.